The number of hydrogen-bond acceptors (Lipinski definition) is 4. The molecule has 1 aliphatic rings. The molecule has 1 fully saturated rings. The quantitative estimate of drug-likeness (QED) is 0.589. The summed E-state index contributed by atoms with van der Waals surface area (Å²) in [7, 11) is 0. The summed E-state index contributed by atoms with van der Waals surface area (Å²) in [6.07, 6.45) is 2.51. The van der Waals surface area contributed by atoms with Crippen LogP contribution in [-0.2, 0) is 0 Å². The number of aromatic nitrogens is 2. The van der Waals surface area contributed by atoms with Crippen LogP contribution < -0.4 is 9.47 Å². The van der Waals surface area contributed by atoms with Gasteiger partial charge < -0.3 is 14.8 Å². The Morgan fingerprint density at radius 1 is 1.41 bits per heavy atom. The summed E-state index contributed by atoms with van der Waals surface area (Å²) in [6.45, 7) is 3.41. The molecule has 1 saturated carbocycles. The topological polar surface area (TPSA) is 69.4 Å². The lowest BCUT2D eigenvalue weighted by Gasteiger charge is -2.44. The molecule has 1 heterocycles. The molecule has 144 valence electrons. The molecule has 1 aromatic carbocycles. The Hall–Kier alpha value is -2.84. The third-order valence-corrected chi connectivity index (χ3v) is 4.29. The molecule has 9 heteroatoms. The number of rotatable bonds is 5. The van der Waals surface area contributed by atoms with Crippen molar-refractivity contribution in [1.82, 2.24) is 9.88 Å². The van der Waals surface area contributed by atoms with Crippen molar-refractivity contribution in [3.8, 4) is 11.5 Å². The van der Waals surface area contributed by atoms with Crippen LogP contribution in [0.2, 0.25) is 0 Å². The zero-order valence-electron chi connectivity index (χ0n) is 14.7. The largest absolute Gasteiger partial charge is 0.711 e. The maximum atomic E-state index is 13.8. The van der Waals surface area contributed by atoms with E-state index in [9.17, 15) is 23.2 Å². The van der Waals surface area contributed by atoms with E-state index in [4.69, 9.17) is 4.74 Å². The van der Waals surface area contributed by atoms with Gasteiger partial charge in [0.2, 0.25) is 5.75 Å². The molecule has 0 saturated heterocycles. The smallest absolute Gasteiger partial charge is 0.289 e. The normalized spacial score (nSPS) is 16.1. The van der Waals surface area contributed by atoms with E-state index in [0.29, 0.717) is 4.73 Å². The van der Waals surface area contributed by atoms with Crippen LogP contribution in [0.3, 0.4) is 0 Å². The molecule has 0 unspecified atom stereocenters. The van der Waals surface area contributed by atoms with Crippen LogP contribution in [0.1, 0.15) is 37.0 Å². The predicted octanol–water partition coefficient (Wildman–Crippen LogP) is 3.29. The highest BCUT2D eigenvalue weighted by Gasteiger charge is 2.50. The van der Waals surface area contributed by atoms with Gasteiger partial charge >= 0.3 is 0 Å². The van der Waals surface area contributed by atoms with E-state index >= 15 is 0 Å². The minimum atomic E-state index is -2.79. The summed E-state index contributed by atoms with van der Waals surface area (Å²) in [5.74, 6) is -4.01. The summed E-state index contributed by atoms with van der Waals surface area (Å²) in [5.41, 5.74) is -0.111. The molecule has 1 aromatic heterocycles. The number of hydrogen-bond donors (Lipinski definition) is 0. The van der Waals surface area contributed by atoms with Gasteiger partial charge in [0.05, 0.1) is 5.56 Å². The van der Waals surface area contributed by atoms with Gasteiger partial charge in [-0.1, -0.05) is 4.98 Å². The van der Waals surface area contributed by atoms with Gasteiger partial charge in [0.1, 0.15) is 17.8 Å². The summed E-state index contributed by atoms with van der Waals surface area (Å²) in [6, 6.07) is 2.34. The van der Waals surface area contributed by atoms with E-state index in [-0.39, 0.29) is 23.1 Å². The Bertz CT molecular complexity index is 853. The first-order valence-electron chi connectivity index (χ1n) is 8.38. The number of nitrogens with zero attached hydrogens (tertiary/aromatic N) is 3. The Morgan fingerprint density at radius 2 is 2.11 bits per heavy atom. The van der Waals surface area contributed by atoms with E-state index in [1.807, 2.05) is 0 Å². The highest BCUT2D eigenvalue weighted by molar-refractivity contribution is 5.97. The fourth-order valence-corrected chi connectivity index (χ4v) is 3.09. The fraction of sp³-hybridized carbons (Fsp3) is 0.389. The van der Waals surface area contributed by atoms with Crippen LogP contribution in [0.5, 0.6) is 11.5 Å². The van der Waals surface area contributed by atoms with Crippen molar-refractivity contribution in [1.29, 1.82) is 0 Å². The molecule has 0 atom stereocenters. The van der Waals surface area contributed by atoms with E-state index < -0.39 is 36.5 Å². The fourth-order valence-electron chi connectivity index (χ4n) is 3.09. The van der Waals surface area contributed by atoms with Gasteiger partial charge in [-0.25, -0.2) is 17.9 Å². The van der Waals surface area contributed by atoms with Crippen LogP contribution in [0.15, 0.2) is 36.9 Å². The third-order valence-electron chi connectivity index (χ3n) is 4.29. The summed E-state index contributed by atoms with van der Waals surface area (Å²) in [4.78, 5) is 18.0. The van der Waals surface area contributed by atoms with Gasteiger partial charge in [-0.15, -0.1) is 0 Å². The highest BCUT2D eigenvalue weighted by atomic mass is 19.3. The summed E-state index contributed by atoms with van der Waals surface area (Å²) >= 11 is 0. The van der Waals surface area contributed by atoms with Gasteiger partial charge in [-0.3, -0.25) is 4.79 Å². The second-order valence-corrected chi connectivity index (χ2v) is 6.75. The molecule has 0 radical (unpaired) electrons. The van der Waals surface area contributed by atoms with Gasteiger partial charge in [-0.2, -0.15) is 0 Å². The average Bonchev–Trinajstić information content (AvgIpc) is 2.54. The third kappa shape index (κ3) is 4.12. The zero-order valence-corrected chi connectivity index (χ0v) is 14.7. The van der Waals surface area contributed by atoms with Gasteiger partial charge in [0.15, 0.2) is 6.20 Å². The second-order valence-electron chi connectivity index (χ2n) is 6.75. The maximum absolute atomic E-state index is 13.8. The van der Waals surface area contributed by atoms with E-state index in [1.54, 1.807) is 13.8 Å². The molecule has 3 rings (SSSR count). The molecular formula is C18H18F3N3O3. The molecule has 1 aliphatic carbocycles. The number of carbonyl (C=O) groups excluding carboxylic acids is 1. The van der Waals surface area contributed by atoms with E-state index in [1.165, 1.54) is 17.2 Å². The SMILES string of the molecule is CC(C)N(C(=O)c1cc(F)ccc1Oc1cnc[n+]([O-])c1)C1CC(F)(F)C1. The minimum Gasteiger partial charge on any atom is -0.711 e. The second kappa shape index (κ2) is 7.05. The summed E-state index contributed by atoms with van der Waals surface area (Å²) < 4.78 is 46.3. The van der Waals surface area contributed by atoms with E-state index in [0.717, 1.165) is 24.7 Å². The maximum Gasteiger partial charge on any atom is 0.289 e. The average molecular weight is 381 g/mol. The molecular weight excluding hydrogens is 363 g/mol. The Balaban J connectivity index is 1.92. The minimum absolute atomic E-state index is 0.00568. The van der Waals surface area contributed by atoms with Crippen molar-refractivity contribution in [2.75, 3.05) is 0 Å². The predicted molar refractivity (Wildman–Crippen MR) is 88.9 cm³/mol. The molecule has 1 amide bonds. The lowest BCUT2D eigenvalue weighted by Crippen LogP contribution is -2.55. The molecule has 0 bridgehead atoms. The molecule has 6 nitrogen and oxygen atoms in total. The first-order chi connectivity index (χ1) is 12.7. The number of halogens is 3. The molecule has 27 heavy (non-hydrogen) atoms. The first kappa shape index (κ1) is 18.9. The van der Waals surface area contributed by atoms with E-state index in [2.05, 4.69) is 4.98 Å². The molecule has 0 spiro atoms. The van der Waals surface area contributed by atoms with Crippen LogP contribution in [0.25, 0.3) is 0 Å². The number of alkyl halides is 2. The monoisotopic (exact) mass is 381 g/mol. The van der Waals surface area contributed by atoms with Crippen LogP contribution in [0, 0.1) is 11.0 Å². The first-order valence-corrected chi connectivity index (χ1v) is 8.38. The van der Waals surface area contributed by atoms with Crippen molar-refractivity contribution in [3.63, 3.8) is 0 Å². The van der Waals surface area contributed by atoms with Crippen LogP contribution in [0.4, 0.5) is 13.2 Å². The van der Waals surface area contributed by atoms with Crippen LogP contribution >= 0.6 is 0 Å². The number of amides is 1. The highest BCUT2D eigenvalue weighted by Crippen LogP contribution is 2.42. The lowest BCUT2D eigenvalue weighted by molar-refractivity contribution is -0.609. The Kier molecular flexibility index (Phi) is 4.95. The van der Waals surface area contributed by atoms with Crippen molar-refractivity contribution in [2.45, 2.75) is 44.7 Å². The number of benzene rings is 1. The molecule has 0 N–H and O–H groups in total. The number of carbonyl (C=O) groups is 1. The summed E-state index contributed by atoms with van der Waals surface area (Å²) in [5, 5.41) is 11.3. The zero-order chi connectivity index (χ0) is 19.8. The standard InChI is InChI=1S/C18H18F3N3O3/c1-11(2)24(13-6-18(20,21)7-13)17(25)15-5-12(19)3-4-16(15)27-14-8-22-10-23(26)9-14/h3-5,8-11,13H,6-7H2,1-2H3. The van der Waals surface area contributed by atoms with Gasteiger partial charge in [0, 0.05) is 24.9 Å². The van der Waals surface area contributed by atoms with Crippen molar-refractivity contribution >= 4 is 5.91 Å². The van der Waals surface area contributed by atoms with Crippen molar-refractivity contribution < 1.29 is 27.4 Å². The molecule has 2 aromatic rings. The molecule has 0 aliphatic heterocycles. The number of ether oxygens (including phenoxy) is 1. The Morgan fingerprint density at radius 3 is 2.70 bits per heavy atom. The lowest BCUT2D eigenvalue weighted by atomic mass is 9.85. The van der Waals surface area contributed by atoms with Crippen molar-refractivity contribution in [3.05, 3.63) is 53.5 Å². The van der Waals surface area contributed by atoms with Crippen molar-refractivity contribution in [2.24, 2.45) is 0 Å². The van der Waals surface area contributed by atoms with Gasteiger partial charge in [-0.05, 0) is 32.0 Å². The van der Waals surface area contributed by atoms with Gasteiger partial charge in [0.25, 0.3) is 18.2 Å². The Labute approximate surface area is 153 Å². The van der Waals surface area contributed by atoms with Crippen LogP contribution in [-0.4, -0.2) is 33.8 Å².